The highest BCUT2D eigenvalue weighted by molar-refractivity contribution is 7.16. The van der Waals surface area contributed by atoms with Gasteiger partial charge in [0.05, 0.1) is 22.8 Å². The number of hydrogen-bond donors (Lipinski definition) is 1. The minimum absolute atomic E-state index is 0.962. The lowest BCUT2D eigenvalue weighted by Crippen LogP contribution is -2.18. The molecule has 0 aliphatic carbocycles. The van der Waals surface area contributed by atoms with Gasteiger partial charge in [-0.25, -0.2) is 9.97 Å². The van der Waals surface area contributed by atoms with Crippen LogP contribution < -0.4 is 5.32 Å². The van der Waals surface area contributed by atoms with Gasteiger partial charge in [-0.1, -0.05) is 0 Å². The van der Waals surface area contributed by atoms with Crippen molar-refractivity contribution in [1.82, 2.24) is 14.9 Å². The molecule has 3 rings (SSSR count). The highest BCUT2D eigenvalue weighted by Gasteiger charge is 2.17. The first-order chi connectivity index (χ1) is 9.26. The average molecular weight is 294 g/mol. The van der Waals surface area contributed by atoms with E-state index in [1.807, 2.05) is 7.05 Å². The molecule has 1 saturated heterocycles. The number of hydrogen-bond acceptors (Lipinski definition) is 6. The summed E-state index contributed by atoms with van der Waals surface area (Å²) >= 11 is 3.43. The van der Waals surface area contributed by atoms with E-state index in [0.29, 0.717) is 0 Å². The van der Waals surface area contributed by atoms with Crippen molar-refractivity contribution in [3.05, 3.63) is 16.1 Å². The zero-order valence-corrected chi connectivity index (χ0v) is 12.9. The van der Waals surface area contributed by atoms with E-state index in [4.69, 9.17) is 4.98 Å². The Kier molecular flexibility index (Phi) is 3.81. The molecule has 4 nitrogen and oxygen atoms in total. The molecule has 1 fully saturated rings. The van der Waals surface area contributed by atoms with Gasteiger partial charge in [0.2, 0.25) is 0 Å². The number of nitrogens with zero attached hydrogens (tertiary/aromatic N) is 3. The maximum atomic E-state index is 4.71. The fourth-order valence-electron chi connectivity index (χ4n) is 2.38. The third-order valence-corrected chi connectivity index (χ3v) is 5.37. The first-order valence-corrected chi connectivity index (χ1v) is 8.28. The summed E-state index contributed by atoms with van der Waals surface area (Å²) in [7, 11) is 1.90. The molecule has 0 amide bonds. The third kappa shape index (κ3) is 2.80. The summed E-state index contributed by atoms with van der Waals surface area (Å²) in [6.45, 7) is 5.51. The van der Waals surface area contributed by atoms with Crippen LogP contribution in [0.4, 0.5) is 5.13 Å². The molecule has 6 heteroatoms. The predicted octanol–water partition coefficient (Wildman–Crippen LogP) is 3.21. The van der Waals surface area contributed by atoms with Gasteiger partial charge in [-0.3, -0.25) is 4.90 Å². The van der Waals surface area contributed by atoms with Crippen LogP contribution >= 0.6 is 22.7 Å². The smallest absolute Gasteiger partial charge is 0.182 e. The molecule has 0 saturated carbocycles. The van der Waals surface area contributed by atoms with Gasteiger partial charge in [0, 0.05) is 12.4 Å². The van der Waals surface area contributed by atoms with Crippen LogP contribution in [0.25, 0.3) is 10.6 Å². The molecular formula is C13H18N4S2. The van der Waals surface area contributed by atoms with Crippen LogP contribution in [0.5, 0.6) is 0 Å². The summed E-state index contributed by atoms with van der Waals surface area (Å²) in [6.07, 6.45) is 2.66. The molecular weight excluding hydrogens is 276 g/mol. The van der Waals surface area contributed by atoms with E-state index in [1.54, 1.807) is 22.7 Å². The minimum atomic E-state index is 0.962. The lowest BCUT2D eigenvalue weighted by atomic mass is 10.3. The van der Waals surface area contributed by atoms with Gasteiger partial charge in [-0.2, -0.15) is 0 Å². The Bertz CT molecular complexity index is 555. The van der Waals surface area contributed by atoms with Crippen LogP contribution in [0, 0.1) is 6.92 Å². The van der Waals surface area contributed by atoms with E-state index in [0.717, 1.165) is 23.1 Å². The molecule has 0 spiro atoms. The number of aromatic nitrogens is 2. The Morgan fingerprint density at radius 3 is 2.79 bits per heavy atom. The number of rotatable bonds is 4. The average Bonchev–Trinajstić information content (AvgIpc) is 3.10. The van der Waals surface area contributed by atoms with Crippen molar-refractivity contribution in [1.29, 1.82) is 0 Å². The maximum absolute atomic E-state index is 4.71. The number of aryl methyl sites for hydroxylation is 1. The Balaban J connectivity index is 1.80. The van der Waals surface area contributed by atoms with Crippen molar-refractivity contribution >= 4 is 27.8 Å². The molecule has 102 valence electrons. The number of likely N-dealkylation sites (tertiary alicyclic amines) is 1. The normalized spacial score (nSPS) is 16.1. The molecule has 2 aromatic rings. The molecule has 3 heterocycles. The maximum Gasteiger partial charge on any atom is 0.182 e. The molecule has 2 aromatic heterocycles. The molecule has 1 aliphatic rings. The van der Waals surface area contributed by atoms with Crippen LogP contribution in [0.3, 0.4) is 0 Å². The fourth-order valence-corrected chi connectivity index (χ4v) is 4.19. The first kappa shape index (κ1) is 13.0. The van der Waals surface area contributed by atoms with Gasteiger partial charge in [0.1, 0.15) is 5.01 Å². The molecule has 0 radical (unpaired) electrons. The first-order valence-electron chi connectivity index (χ1n) is 6.58. The Labute approximate surface area is 121 Å². The van der Waals surface area contributed by atoms with Gasteiger partial charge in [0.25, 0.3) is 0 Å². The van der Waals surface area contributed by atoms with Crippen LogP contribution in [0.1, 0.15) is 23.5 Å². The lowest BCUT2D eigenvalue weighted by Gasteiger charge is -2.11. The van der Waals surface area contributed by atoms with E-state index < -0.39 is 0 Å². The summed E-state index contributed by atoms with van der Waals surface area (Å²) in [5.74, 6) is 0. The van der Waals surface area contributed by atoms with Crippen molar-refractivity contribution in [2.75, 3.05) is 25.5 Å². The van der Waals surface area contributed by atoms with Crippen molar-refractivity contribution < 1.29 is 0 Å². The number of thiazole rings is 2. The summed E-state index contributed by atoms with van der Waals surface area (Å²) < 4.78 is 0. The zero-order valence-electron chi connectivity index (χ0n) is 11.3. The molecule has 19 heavy (non-hydrogen) atoms. The van der Waals surface area contributed by atoms with E-state index in [2.05, 4.69) is 27.5 Å². The number of nitrogens with one attached hydrogen (secondary N) is 1. The fraction of sp³-hybridized carbons (Fsp3) is 0.538. The molecule has 1 N–H and O–H groups in total. The van der Waals surface area contributed by atoms with Gasteiger partial charge in [-0.05, 0) is 32.9 Å². The summed E-state index contributed by atoms with van der Waals surface area (Å²) in [4.78, 5) is 13.0. The van der Waals surface area contributed by atoms with E-state index in [-0.39, 0.29) is 0 Å². The van der Waals surface area contributed by atoms with Crippen LogP contribution in [0.2, 0.25) is 0 Å². The SMILES string of the molecule is CNc1nc(-c2sc(CN3CCCC3)nc2C)cs1. The monoisotopic (exact) mass is 294 g/mol. The second-order valence-corrected chi connectivity index (χ2v) is 6.74. The van der Waals surface area contributed by atoms with Crippen LogP contribution in [-0.4, -0.2) is 35.0 Å². The number of anilines is 1. The van der Waals surface area contributed by atoms with Gasteiger partial charge < -0.3 is 5.32 Å². The summed E-state index contributed by atoms with van der Waals surface area (Å²) in [5.41, 5.74) is 2.16. The molecule has 0 atom stereocenters. The largest absolute Gasteiger partial charge is 0.365 e. The van der Waals surface area contributed by atoms with Crippen molar-refractivity contribution in [2.24, 2.45) is 0 Å². The molecule has 0 aromatic carbocycles. The van der Waals surface area contributed by atoms with E-state index in [1.165, 1.54) is 35.8 Å². The second-order valence-electron chi connectivity index (χ2n) is 4.79. The van der Waals surface area contributed by atoms with Gasteiger partial charge >= 0.3 is 0 Å². The second kappa shape index (κ2) is 5.56. The zero-order chi connectivity index (χ0) is 13.2. The highest BCUT2D eigenvalue weighted by atomic mass is 32.1. The predicted molar refractivity (Wildman–Crippen MR) is 82.0 cm³/mol. The van der Waals surface area contributed by atoms with Crippen molar-refractivity contribution in [3.8, 4) is 10.6 Å². The van der Waals surface area contributed by atoms with Gasteiger partial charge in [0.15, 0.2) is 5.13 Å². The van der Waals surface area contributed by atoms with Crippen molar-refractivity contribution in [3.63, 3.8) is 0 Å². The minimum Gasteiger partial charge on any atom is -0.365 e. The van der Waals surface area contributed by atoms with Crippen molar-refractivity contribution in [2.45, 2.75) is 26.3 Å². The lowest BCUT2D eigenvalue weighted by molar-refractivity contribution is 0.330. The van der Waals surface area contributed by atoms with E-state index in [9.17, 15) is 0 Å². The highest BCUT2D eigenvalue weighted by Crippen LogP contribution is 2.32. The van der Waals surface area contributed by atoms with Crippen LogP contribution in [0.15, 0.2) is 5.38 Å². The van der Waals surface area contributed by atoms with Crippen LogP contribution in [-0.2, 0) is 6.54 Å². The molecule has 0 unspecified atom stereocenters. The Hall–Kier alpha value is -0.980. The Morgan fingerprint density at radius 1 is 1.32 bits per heavy atom. The Morgan fingerprint density at radius 2 is 2.11 bits per heavy atom. The topological polar surface area (TPSA) is 41.1 Å². The third-order valence-electron chi connectivity index (χ3n) is 3.35. The van der Waals surface area contributed by atoms with Gasteiger partial charge in [-0.15, -0.1) is 22.7 Å². The van der Waals surface area contributed by atoms with E-state index >= 15 is 0 Å². The quantitative estimate of drug-likeness (QED) is 0.940. The summed E-state index contributed by atoms with van der Waals surface area (Å²) in [5, 5.41) is 7.37. The standard InChI is InChI=1S/C13H18N4S2/c1-9-12(10-8-18-13(14-2)16-10)19-11(15-9)7-17-5-3-4-6-17/h8H,3-7H2,1-2H3,(H,14,16). The summed E-state index contributed by atoms with van der Waals surface area (Å²) in [6, 6.07) is 0. The molecule has 1 aliphatic heterocycles. The molecule has 0 bridgehead atoms.